The molecule has 21 heavy (non-hydrogen) atoms. The van der Waals surface area contributed by atoms with E-state index in [1.165, 1.54) is 0 Å². The molecule has 1 rings (SSSR count). The maximum Gasteiger partial charge on any atom is 0.275 e. The Hall–Kier alpha value is -1.75. The van der Waals surface area contributed by atoms with Gasteiger partial charge in [-0.2, -0.15) is 0 Å². The van der Waals surface area contributed by atoms with Gasteiger partial charge in [0.15, 0.2) is 18.0 Å². The second kappa shape index (κ2) is 8.52. The quantitative estimate of drug-likeness (QED) is 0.734. The highest BCUT2D eigenvalue weighted by molar-refractivity contribution is 5.76. The Labute approximate surface area is 127 Å². The van der Waals surface area contributed by atoms with Crippen LogP contribution in [-0.2, 0) is 11.3 Å². The average Bonchev–Trinajstić information content (AvgIpc) is 2.44. The van der Waals surface area contributed by atoms with Crippen LogP contribution in [-0.4, -0.2) is 40.3 Å². The largest absolute Gasteiger partial charge is 0.493 e. The van der Waals surface area contributed by atoms with E-state index in [1.807, 2.05) is 25.2 Å². The monoisotopic (exact) mass is 295 g/mol. The normalized spacial score (nSPS) is 12.1. The van der Waals surface area contributed by atoms with Crippen LogP contribution in [0.3, 0.4) is 0 Å². The molecule has 1 atom stereocenters. The number of nitrogens with one attached hydrogen (secondary N) is 2. The number of hydrogen-bond donors (Lipinski definition) is 2. The molecule has 5 heteroatoms. The number of benzene rings is 1. The smallest absolute Gasteiger partial charge is 0.275 e. The highest BCUT2D eigenvalue weighted by atomic mass is 16.5. The van der Waals surface area contributed by atoms with Crippen LogP contribution in [0.1, 0.15) is 19.4 Å². The number of quaternary nitrogens is 1. The van der Waals surface area contributed by atoms with Gasteiger partial charge in [-0.1, -0.05) is 19.9 Å². The summed E-state index contributed by atoms with van der Waals surface area (Å²) in [5, 5.41) is 2.93. The number of carbonyl (C=O) groups is 1. The number of para-hydroxylation sites is 1. The van der Waals surface area contributed by atoms with E-state index in [0.717, 1.165) is 16.2 Å². The summed E-state index contributed by atoms with van der Waals surface area (Å²) in [7, 11) is 5.25. The molecule has 0 heterocycles. The lowest BCUT2D eigenvalue weighted by Gasteiger charge is -2.17. The van der Waals surface area contributed by atoms with Crippen LogP contribution in [0.25, 0.3) is 0 Å². The minimum atomic E-state index is 0.0723. The molecule has 0 aliphatic carbocycles. The minimum Gasteiger partial charge on any atom is -0.493 e. The Bertz CT molecular complexity index is 461. The fraction of sp³-hybridized carbons (Fsp3) is 0.562. The number of likely N-dealkylation sites (N-methyl/N-ethyl adjacent to an activating group) is 1. The van der Waals surface area contributed by atoms with Crippen molar-refractivity contribution < 1.29 is 19.2 Å². The van der Waals surface area contributed by atoms with E-state index in [1.54, 1.807) is 14.2 Å². The van der Waals surface area contributed by atoms with Gasteiger partial charge in [0, 0.05) is 6.54 Å². The lowest BCUT2D eigenvalue weighted by molar-refractivity contribution is -0.885. The molecule has 1 amide bonds. The summed E-state index contributed by atoms with van der Waals surface area (Å²) in [6.45, 7) is 6.02. The highest BCUT2D eigenvalue weighted by Gasteiger charge is 2.15. The van der Waals surface area contributed by atoms with E-state index < -0.39 is 0 Å². The van der Waals surface area contributed by atoms with Crippen molar-refractivity contribution >= 4 is 5.91 Å². The lowest BCUT2D eigenvalue weighted by Crippen LogP contribution is -3.08. The Balaban J connectivity index is 2.62. The number of ether oxygens (including phenoxy) is 2. The number of rotatable bonds is 8. The van der Waals surface area contributed by atoms with E-state index in [-0.39, 0.29) is 5.91 Å². The van der Waals surface area contributed by atoms with Crippen molar-refractivity contribution in [2.24, 2.45) is 5.92 Å². The molecular formula is C16H27N2O3+. The van der Waals surface area contributed by atoms with Gasteiger partial charge in [0.2, 0.25) is 0 Å². The van der Waals surface area contributed by atoms with Crippen molar-refractivity contribution in [1.82, 2.24) is 5.32 Å². The van der Waals surface area contributed by atoms with Gasteiger partial charge in [-0.3, -0.25) is 4.79 Å². The third kappa shape index (κ3) is 5.63. The first kappa shape index (κ1) is 17.3. The molecule has 0 aromatic heterocycles. The van der Waals surface area contributed by atoms with Crippen LogP contribution in [0.2, 0.25) is 0 Å². The molecule has 0 aliphatic heterocycles. The molecule has 1 unspecified atom stereocenters. The first-order valence-corrected chi connectivity index (χ1v) is 7.25. The molecule has 0 aliphatic rings. The molecule has 5 nitrogen and oxygen atoms in total. The summed E-state index contributed by atoms with van der Waals surface area (Å²) in [6, 6.07) is 5.80. The minimum absolute atomic E-state index is 0.0723. The summed E-state index contributed by atoms with van der Waals surface area (Å²) < 4.78 is 10.7. The molecule has 0 radical (unpaired) electrons. The molecule has 2 N–H and O–H groups in total. The van der Waals surface area contributed by atoms with Crippen molar-refractivity contribution in [3.63, 3.8) is 0 Å². The zero-order valence-electron chi connectivity index (χ0n) is 13.7. The van der Waals surface area contributed by atoms with Crippen molar-refractivity contribution in [2.75, 3.05) is 34.4 Å². The Morgan fingerprint density at radius 1 is 1.29 bits per heavy atom. The average molecular weight is 295 g/mol. The van der Waals surface area contributed by atoms with Crippen molar-refractivity contribution in [2.45, 2.75) is 20.4 Å². The zero-order chi connectivity index (χ0) is 15.8. The second-order valence-electron chi connectivity index (χ2n) is 5.66. The van der Waals surface area contributed by atoms with Gasteiger partial charge in [-0.15, -0.1) is 0 Å². The van der Waals surface area contributed by atoms with Gasteiger partial charge in [0.05, 0.1) is 26.8 Å². The molecule has 0 fully saturated rings. The van der Waals surface area contributed by atoms with E-state index in [9.17, 15) is 4.79 Å². The van der Waals surface area contributed by atoms with Crippen LogP contribution in [0, 0.1) is 5.92 Å². The van der Waals surface area contributed by atoms with Gasteiger partial charge in [-0.05, 0) is 18.1 Å². The summed E-state index contributed by atoms with van der Waals surface area (Å²) in [5.74, 6) is 1.99. The summed E-state index contributed by atoms with van der Waals surface area (Å²) in [4.78, 5) is 12.9. The van der Waals surface area contributed by atoms with E-state index in [2.05, 4.69) is 19.2 Å². The van der Waals surface area contributed by atoms with Gasteiger partial charge < -0.3 is 19.7 Å². The van der Waals surface area contributed by atoms with Crippen molar-refractivity contribution in [1.29, 1.82) is 0 Å². The van der Waals surface area contributed by atoms with E-state index in [4.69, 9.17) is 9.47 Å². The summed E-state index contributed by atoms with van der Waals surface area (Å²) >= 11 is 0. The third-order valence-corrected chi connectivity index (χ3v) is 3.15. The number of methoxy groups -OCH3 is 2. The molecule has 0 saturated heterocycles. The summed E-state index contributed by atoms with van der Waals surface area (Å²) in [6.07, 6.45) is 0. The number of amides is 1. The Kier molecular flexibility index (Phi) is 7.02. The highest BCUT2D eigenvalue weighted by Crippen LogP contribution is 2.29. The predicted molar refractivity (Wildman–Crippen MR) is 82.9 cm³/mol. The van der Waals surface area contributed by atoms with Crippen LogP contribution in [0.15, 0.2) is 18.2 Å². The molecule has 0 bridgehead atoms. The standard InChI is InChI=1S/C16H26N2O3/c1-12(2)9-17-15(19)11-18(3)10-13-7-6-8-14(20-4)16(13)21-5/h6-8,12H,9-11H2,1-5H3,(H,17,19)/p+1. The van der Waals surface area contributed by atoms with Crippen LogP contribution in [0.4, 0.5) is 0 Å². The first-order valence-electron chi connectivity index (χ1n) is 7.25. The van der Waals surface area contributed by atoms with Gasteiger partial charge in [-0.25, -0.2) is 0 Å². The number of hydrogen-bond acceptors (Lipinski definition) is 3. The van der Waals surface area contributed by atoms with Gasteiger partial charge >= 0.3 is 0 Å². The van der Waals surface area contributed by atoms with Crippen molar-refractivity contribution in [3.8, 4) is 11.5 Å². The molecule has 118 valence electrons. The molecule has 0 saturated carbocycles. The fourth-order valence-corrected chi connectivity index (χ4v) is 2.14. The lowest BCUT2D eigenvalue weighted by atomic mass is 10.1. The maximum atomic E-state index is 11.8. The van der Waals surface area contributed by atoms with E-state index in [0.29, 0.717) is 31.3 Å². The Morgan fingerprint density at radius 3 is 2.57 bits per heavy atom. The third-order valence-electron chi connectivity index (χ3n) is 3.15. The van der Waals surface area contributed by atoms with E-state index >= 15 is 0 Å². The zero-order valence-corrected chi connectivity index (χ0v) is 13.7. The van der Waals surface area contributed by atoms with Crippen LogP contribution in [0.5, 0.6) is 11.5 Å². The summed E-state index contributed by atoms with van der Waals surface area (Å²) in [5.41, 5.74) is 1.03. The van der Waals surface area contributed by atoms with Crippen molar-refractivity contribution in [3.05, 3.63) is 23.8 Å². The topological polar surface area (TPSA) is 52.0 Å². The fourth-order valence-electron chi connectivity index (χ4n) is 2.14. The Morgan fingerprint density at radius 2 is 2.00 bits per heavy atom. The van der Waals surface area contributed by atoms with Crippen LogP contribution < -0.4 is 19.7 Å². The SMILES string of the molecule is COc1cccc(C[NH+](C)CC(=O)NCC(C)C)c1OC. The van der Waals surface area contributed by atoms with Gasteiger partial charge in [0.25, 0.3) is 5.91 Å². The number of carbonyl (C=O) groups excluding carboxylic acids is 1. The van der Waals surface area contributed by atoms with Crippen LogP contribution >= 0.6 is 0 Å². The maximum absolute atomic E-state index is 11.8. The molecule has 1 aromatic carbocycles. The second-order valence-corrected chi connectivity index (χ2v) is 5.66. The first-order chi connectivity index (χ1) is 9.97. The predicted octanol–water partition coefficient (Wildman–Crippen LogP) is 0.491. The molecular weight excluding hydrogens is 268 g/mol. The molecule has 0 spiro atoms. The molecule has 1 aromatic rings. The van der Waals surface area contributed by atoms with Gasteiger partial charge in [0.1, 0.15) is 6.54 Å².